The molecule has 0 radical (unpaired) electrons. The zero-order valence-electron chi connectivity index (χ0n) is 24.4. The van der Waals surface area contributed by atoms with Crippen molar-refractivity contribution in [1.82, 2.24) is 4.90 Å². The highest BCUT2D eigenvalue weighted by Gasteiger charge is 2.54. The highest BCUT2D eigenvalue weighted by molar-refractivity contribution is 6.05. The number of likely N-dealkylation sites (tertiary alicyclic amines) is 1. The van der Waals surface area contributed by atoms with Gasteiger partial charge in [0.15, 0.2) is 0 Å². The molecule has 40 heavy (non-hydrogen) atoms. The van der Waals surface area contributed by atoms with E-state index in [0.717, 1.165) is 27.8 Å². The Balaban J connectivity index is 1.76. The number of imide groups is 1. The highest BCUT2D eigenvalue weighted by Crippen LogP contribution is 2.48. The van der Waals surface area contributed by atoms with Gasteiger partial charge in [-0.25, -0.2) is 0 Å². The molecular formula is C32H45NO7. The summed E-state index contributed by atoms with van der Waals surface area (Å²) in [4.78, 5) is 38.8. The van der Waals surface area contributed by atoms with Gasteiger partial charge in [0.05, 0.1) is 24.5 Å². The van der Waals surface area contributed by atoms with Crippen LogP contribution in [0.4, 0.5) is 0 Å². The number of aromatic hydroxyl groups is 1. The maximum Gasteiger partial charge on any atom is 0.303 e. The molecule has 3 rings (SSSR count). The minimum absolute atomic E-state index is 0.0483. The normalized spacial score (nSPS) is 22.4. The highest BCUT2D eigenvalue weighted by atomic mass is 16.4. The van der Waals surface area contributed by atoms with Crippen molar-refractivity contribution in [3.63, 3.8) is 0 Å². The van der Waals surface area contributed by atoms with Gasteiger partial charge in [0.2, 0.25) is 11.8 Å². The molecule has 2 aliphatic rings. The second-order valence-electron chi connectivity index (χ2n) is 11.8. The fourth-order valence-corrected chi connectivity index (χ4v) is 6.40. The summed E-state index contributed by atoms with van der Waals surface area (Å²) in [7, 11) is 0. The monoisotopic (exact) mass is 555 g/mol. The zero-order valence-corrected chi connectivity index (χ0v) is 24.4. The summed E-state index contributed by atoms with van der Waals surface area (Å²) in [5.74, 6) is -2.90. The molecule has 1 fully saturated rings. The number of carbonyl (C=O) groups excluding carboxylic acids is 2. The van der Waals surface area contributed by atoms with E-state index in [1.54, 1.807) is 0 Å². The lowest BCUT2D eigenvalue weighted by atomic mass is 9.66. The van der Waals surface area contributed by atoms with E-state index >= 15 is 0 Å². The van der Waals surface area contributed by atoms with Crippen LogP contribution in [0.2, 0.25) is 0 Å². The molecule has 0 aromatic heterocycles. The number of phenols is 1. The number of aliphatic hydroxyl groups is 2. The molecular weight excluding hydrogens is 510 g/mol. The Morgan fingerprint density at radius 2 is 1.73 bits per heavy atom. The number of aliphatic carboxylic acids is 1. The van der Waals surface area contributed by atoms with Crippen LogP contribution < -0.4 is 0 Å². The van der Waals surface area contributed by atoms with Gasteiger partial charge in [-0.15, -0.1) is 0 Å². The van der Waals surface area contributed by atoms with E-state index in [4.69, 9.17) is 5.11 Å². The Labute approximate surface area is 237 Å². The van der Waals surface area contributed by atoms with E-state index in [9.17, 15) is 29.7 Å². The third kappa shape index (κ3) is 7.02. The van der Waals surface area contributed by atoms with Crippen molar-refractivity contribution in [2.75, 3.05) is 13.2 Å². The number of carboxylic acid groups (broad SMARTS) is 1. The SMILES string of the molecule is C/C(=C\c1cc(C)c(O)c(C)c1)CC[C@@H](O)C1=C(C(C)C)C[C@H]2C(=O)N(CCCCCC(=O)O)C(=O)[C@H]2[C@H]1CO. The van der Waals surface area contributed by atoms with Crippen LogP contribution in [0.25, 0.3) is 6.08 Å². The molecule has 1 aliphatic carbocycles. The van der Waals surface area contributed by atoms with Crippen LogP contribution in [0.15, 0.2) is 28.9 Å². The Bertz CT molecular complexity index is 1160. The minimum Gasteiger partial charge on any atom is -0.507 e. The number of fused-ring (bicyclic) bond motifs is 1. The zero-order chi connectivity index (χ0) is 29.7. The summed E-state index contributed by atoms with van der Waals surface area (Å²) < 4.78 is 0. The summed E-state index contributed by atoms with van der Waals surface area (Å²) in [6, 6.07) is 3.84. The van der Waals surface area contributed by atoms with Crippen LogP contribution in [-0.2, 0) is 14.4 Å². The van der Waals surface area contributed by atoms with E-state index in [1.807, 2.05) is 52.8 Å². The lowest BCUT2D eigenvalue weighted by molar-refractivity contribution is -0.141. The van der Waals surface area contributed by atoms with Gasteiger partial charge in [0, 0.05) is 18.9 Å². The van der Waals surface area contributed by atoms with E-state index in [0.29, 0.717) is 49.8 Å². The fourth-order valence-electron chi connectivity index (χ4n) is 6.40. The van der Waals surface area contributed by atoms with Gasteiger partial charge in [-0.3, -0.25) is 19.3 Å². The third-order valence-corrected chi connectivity index (χ3v) is 8.48. The standard InChI is InChI=1S/C32H45NO7/c1-18(2)23-16-24-29(32(40)33(31(24)39)12-8-6-7-9-27(36)37)25(17-34)28(23)26(35)11-10-19(3)13-22-14-20(4)30(38)21(5)15-22/h13-15,18,24-26,29,34-35,38H,6-12,16-17H2,1-5H3,(H,36,37)/b19-13+/t24-,25+,26-,29-/m1/s1. The number of nitrogens with zero attached hydrogens (tertiary/aromatic N) is 1. The van der Waals surface area contributed by atoms with Gasteiger partial charge in [-0.2, -0.15) is 0 Å². The van der Waals surface area contributed by atoms with Gasteiger partial charge >= 0.3 is 5.97 Å². The van der Waals surface area contributed by atoms with Gasteiger partial charge < -0.3 is 20.4 Å². The molecule has 8 nitrogen and oxygen atoms in total. The molecule has 1 aliphatic heterocycles. The largest absolute Gasteiger partial charge is 0.507 e. The fraction of sp³-hybridized carbons (Fsp3) is 0.594. The molecule has 8 heteroatoms. The second-order valence-corrected chi connectivity index (χ2v) is 11.8. The molecule has 1 aromatic rings. The number of hydrogen-bond donors (Lipinski definition) is 4. The number of carbonyl (C=O) groups is 3. The van der Waals surface area contributed by atoms with Crippen molar-refractivity contribution in [3.05, 3.63) is 45.5 Å². The molecule has 4 N–H and O–H groups in total. The lowest BCUT2D eigenvalue weighted by Gasteiger charge is -2.38. The number of allylic oxidation sites excluding steroid dienone is 2. The van der Waals surface area contributed by atoms with Crippen molar-refractivity contribution in [2.45, 2.75) is 85.7 Å². The maximum absolute atomic E-state index is 13.5. The third-order valence-electron chi connectivity index (χ3n) is 8.48. The molecule has 0 saturated carbocycles. The summed E-state index contributed by atoms with van der Waals surface area (Å²) in [6.45, 7) is 9.67. The second kappa shape index (κ2) is 13.6. The summed E-state index contributed by atoms with van der Waals surface area (Å²) in [5.41, 5.74) is 5.30. The van der Waals surface area contributed by atoms with Crippen LogP contribution in [0.1, 0.15) is 82.4 Å². The Morgan fingerprint density at radius 1 is 1.07 bits per heavy atom. The van der Waals surface area contributed by atoms with Crippen molar-refractivity contribution in [2.24, 2.45) is 23.7 Å². The number of benzene rings is 1. The molecule has 0 unspecified atom stereocenters. The number of unbranched alkanes of at least 4 members (excludes halogenated alkanes) is 2. The molecule has 220 valence electrons. The van der Waals surface area contributed by atoms with Gasteiger partial charge in [-0.05, 0) is 93.2 Å². The van der Waals surface area contributed by atoms with Crippen LogP contribution in [-0.4, -0.2) is 62.4 Å². The number of phenolic OH excluding ortho intramolecular Hbond substituents is 1. The molecule has 0 bridgehead atoms. The van der Waals surface area contributed by atoms with Gasteiger partial charge in [0.1, 0.15) is 5.75 Å². The van der Waals surface area contributed by atoms with E-state index in [2.05, 4.69) is 0 Å². The first-order valence-corrected chi connectivity index (χ1v) is 14.4. The number of aliphatic hydroxyl groups excluding tert-OH is 2. The number of carboxylic acids is 1. The predicted octanol–water partition coefficient (Wildman–Crippen LogP) is 4.76. The summed E-state index contributed by atoms with van der Waals surface area (Å²) in [6.07, 6.45) is 4.32. The number of rotatable bonds is 13. The van der Waals surface area contributed by atoms with E-state index < -0.39 is 29.8 Å². The van der Waals surface area contributed by atoms with Crippen molar-refractivity contribution >= 4 is 23.9 Å². The first kappa shape index (κ1) is 31.6. The molecule has 1 saturated heterocycles. The lowest BCUT2D eigenvalue weighted by Crippen LogP contribution is -2.40. The first-order chi connectivity index (χ1) is 18.9. The van der Waals surface area contributed by atoms with Gasteiger partial charge in [-0.1, -0.05) is 37.5 Å². The quantitative estimate of drug-likeness (QED) is 0.156. The molecule has 2 amide bonds. The number of aryl methyl sites for hydroxylation is 2. The van der Waals surface area contributed by atoms with Crippen molar-refractivity contribution < 1.29 is 34.8 Å². The number of hydrogen-bond acceptors (Lipinski definition) is 6. The molecule has 0 spiro atoms. The summed E-state index contributed by atoms with van der Waals surface area (Å²) in [5, 5.41) is 40.8. The minimum atomic E-state index is -0.861. The number of amides is 2. The first-order valence-electron chi connectivity index (χ1n) is 14.4. The molecule has 1 heterocycles. The Kier molecular flexibility index (Phi) is 10.7. The smallest absolute Gasteiger partial charge is 0.303 e. The van der Waals surface area contributed by atoms with Crippen molar-refractivity contribution in [1.29, 1.82) is 0 Å². The van der Waals surface area contributed by atoms with Crippen LogP contribution in [0, 0.1) is 37.5 Å². The van der Waals surface area contributed by atoms with Gasteiger partial charge in [0.25, 0.3) is 0 Å². The van der Waals surface area contributed by atoms with Crippen LogP contribution in [0.5, 0.6) is 5.75 Å². The molecule has 1 aromatic carbocycles. The van der Waals surface area contributed by atoms with Crippen LogP contribution in [0.3, 0.4) is 0 Å². The van der Waals surface area contributed by atoms with Crippen LogP contribution >= 0.6 is 0 Å². The Morgan fingerprint density at radius 3 is 2.30 bits per heavy atom. The van der Waals surface area contributed by atoms with Crippen molar-refractivity contribution in [3.8, 4) is 5.75 Å². The van der Waals surface area contributed by atoms with E-state index in [-0.39, 0.29) is 37.3 Å². The van der Waals surface area contributed by atoms with E-state index in [1.165, 1.54) is 4.90 Å². The Hall–Kier alpha value is -2.97. The topological polar surface area (TPSA) is 135 Å². The predicted molar refractivity (Wildman–Crippen MR) is 153 cm³/mol. The molecule has 4 atom stereocenters. The summed E-state index contributed by atoms with van der Waals surface area (Å²) >= 11 is 0. The average Bonchev–Trinajstić information content (AvgIpc) is 3.13. The average molecular weight is 556 g/mol. The maximum atomic E-state index is 13.5.